The van der Waals surface area contributed by atoms with Crippen LogP contribution in [0.4, 0.5) is 0 Å². The minimum absolute atomic E-state index is 0.0447. The molecule has 1 heterocycles. The first-order valence-electron chi connectivity index (χ1n) is 5.66. The van der Waals surface area contributed by atoms with E-state index in [0.717, 1.165) is 19.3 Å². The maximum absolute atomic E-state index is 11.7. The van der Waals surface area contributed by atoms with Crippen LogP contribution >= 0.6 is 0 Å². The second kappa shape index (κ2) is 5.44. The van der Waals surface area contributed by atoms with Crippen molar-refractivity contribution in [1.29, 1.82) is 0 Å². The lowest BCUT2D eigenvalue weighted by molar-refractivity contribution is 0.0304. The Kier molecular flexibility index (Phi) is 4.73. The Labute approximate surface area is 97.8 Å². The van der Waals surface area contributed by atoms with Crippen molar-refractivity contribution in [3.05, 3.63) is 0 Å². The van der Waals surface area contributed by atoms with Gasteiger partial charge in [0.25, 0.3) is 0 Å². The Morgan fingerprint density at radius 2 is 2.12 bits per heavy atom. The van der Waals surface area contributed by atoms with Crippen LogP contribution in [0.5, 0.6) is 0 Å². The molecule has 0 aliphatic carbocycles. The highest BCUT2D eigenvalue weighted by molar-refractivity contribution is 7.89. The van der Waals surface area contributed by atoms with Gasteiger partial charge in [-0.25, -0.2) is 13.1 Å². The fourth-order valence-electron chi connectivity index (χ4n) is 1.54. The molecule has 0 aromatic carbocycles. The normalized spacial score (nSPS) is 23.3. The van der Waals surface area contributed by atoms with Crippen LogP contribution in [0.1, 0.15) is 33.1 Å². The number of nitrogens with one attached hydrogen (secondary N) is 1. The quantitative estimate of drug-likeness (QED) is 0.731. The molecule has 5 nitrogen and oxygen atoms in total. The number of hydrogen-bond acceptors (Lipinski definition) is 4. The Morgan fingerprint density at radius 1 is 1.44 bits per heavy atom. The summed E-state index contributed by atoms with van der Waals surface area (Å²) in [6.45, 7) is 4.49. The summed E-state index contributed by atoms with van der Waals surface area (Å²) in [4.78, 5) is 0. The molecule has 1 atom stereocenters. The van der Waals surface area contributed by atoms with E-state index in [1.165, 1.54) is 0 Å². The third-order valence-electron chi connectivity index (χ3n) is 2.43. The van der Waals surface area contributed by atoms with Crippen molar-refractivity contribution >= 4 is 10.0 Å². The van der Waals surface area contributed by atoms with Gasteiger partial charge in [0.1, 0.15) is 0 Å². The molecule has 1 unspecified atom stereocenters. The Hall–Kier alpha value is -0.170. The van der Waals surface area contributed by atoms with E-state index < -0.39 is 15.6 Å². The summed E-state index contributed by atoms with van der Waals surface area (Å²) in [6, 6.07) is 0. The Morgan fingerprint density at radius 3 is 2.62 bits per heavy atom. The van der Waals surface area contributed by atoms with Crippen LogP contribution in [0.25, 0.3) is 0 Å². The van der Waals surface area contributed by atoms with Gasteiger partial charge < -0.3 is 10.5 Å². The zero-order valence-corrected chi connectivity index (χ0v) is 10.8. The van der Waals surface area contributed by atoms with Crippen molar-refractivity contribution in [2.45, 2.75) is 44.8 Å². The van der Waals surface area contributed by atoms with Crippen molar-refractivity contribution in [2.24, 2.45) is 5.73 Å². The molecular formula is C10H22N2O3S. The summed E-state index contributed by atoms with van der Waals surface area (Å²) in [7, 11) is -3.27. The van der Waals surface area contributed by atoms with E-state index in [0.29, 0.717) is 6.61 Å². The van der Waals surface area contributed by atoms with Gasteiger partial charge in [-0.2, -0.15) is 0 Å². The van der Waals surface area contributed by atoms with Crippen LogP contribution in [0.2, 0.25) is 0 Å². The fourth-order valence-corrected chi connectivity index (χ4v) is 3.00. The molecule has 1 saturated heterocycles. The van der Waals surface area contributed by atoms with Gasteiger partial charge in [-0.15, -0.1) is 0 Å². The SMILES string of the molecule is CC(C)(N)CNS(=O)(=O)CC1CCCCO1. The third-order valence-corrected chi connectivity index (χ3v) is 3.82. The molecule has 0 bridgehead atoms. The molecule has 0 radical (unpaired) electrons. The van der Waals surface area contributed by atoms with E-state index in [4.69, 9.17) is 10.5 Å². The molecule has 0 aromatic rings. The second-order valence-corrected chi connectivity index (χ2v) is 6.93. The minimum atomic E-state index is -3.27. The summed E-state index contributed by atoms with van der Waals surface area (Å²) in [5, 5.41) is 0. The molecule has 0 saturated carbocycles. The van der Waals surface area contributed by atoms with Gasteiger partial charge in [-0.3, -0.25) is 0 Å². The second-order valence-electron chi connectivity index (χ2n) is 5.08. The molecule has 0 amide bonds. The highest BCUT2D eigenvalue weighted by atomic mass is 32.2. The van der Waals surface area contributed by atoms with E-state index in [-0.39, 0.29) is 18.4 Å². The molecule has 0 spiro atoms. The van der Waals surface area contributed by atoms with Crippen LogP contribution in [-0.4, -0.2) is 39.0 Å². The molecule has 0 aromatic heterocycles. The van der Waals surface area contributed by atoms with Gasteiger partial charge in [0.05, 0.1) is 11.9 Å². The maximum Gasteiger partial charge on any atom is 0.214 e. The number of hydrogen-bond donors (Lipinski definition) is 2. The van der Waals surface area contributed by atoms with Gasteiger partial charge >= 0.3 is 0 Å². The number of sulfonamides is 1. The fraction of sp³-hybridized carbons (Fsp3) is 1.00. The first kappa shape index (κ1) is 13.9. The van der Waals surface area contributed by atoms with Crippen molar-refractivity contribution in [3.8, 4) is 0 Å². The van der Waals surface area contributed by atoms with Gasteiger partial charge in [-0.05, 0) is 33.1 Å². The van der Waals surface area contributed by atoms with Crippen molar-refractivity contribution in [2.75, 3.05) is 18.9 Å². The summed E-state index contributed by atoms with van der Waals surface area (Å²) >= 11 is 0. The molecule has 3 N–H and O–H groups in total. The lowest BCUT2D eigenvalue weighted by Gasteiger charge is -2.24. The number of nitrogens with two attached hydrogens (primary N) is 1. The highest BCUT2D eigenvalue weighted by Gasteiger charge is 2.23. The molecule has 1 rings (SSSR count). The first-order chi connectivity index (χ1) is 7.29. The summed E-state index contributed by atoms with van der Waals surface area (Å²) in [5.41, 5.74) is 5.19. The smallest absolute Gasteiger partial charge is 0.214 e. The minimum Gasteiger partial charge on any atom is -0.377 e. The van der Waals surface area contributed by atoms with E-state index in [2.05, 4.69) is 4.72 Å². The monoisotopic (exact) mass is 250 g/mol. The molecule has 1 aliphatic heterocycles. The van der Waals surface area contributed by atoms with E-state index in [1.807, 2.05) is 0 Å². The van der Waals surface area contributed by atoms with Crippen LogP contribution in [0, 0.1) is 0 Å². The molecular weight excluding hydrogens is 228 g/mol. The molecule has 6 heteroatoms. The molecule has 16 heavy (non-hydrogen) atoms. The van der Waals surface area contributed by atoms with Gasteiger partial charge in [0.2, 0.25) is 10.0 Å². The maximum atomic E-state index is 11.7. The van der Waals surface area contributed by atoms with Crippen molar-refractivity contribution in [3.63, 3.8) is 0 Å². The van der Waals surface area contributed by atoms with E-state index in [9.17, 15) is 8.42 Å². The first-order valence-corrected chi connectivity index (χ1v) is 7.32. The third kappa shape index (κ3) is 5.79. The van der Waals surface area contributed by atoms with Crippen LogP contribution < -0.4 is 10.5 Å². The lowest BCUT2D eigenvalue weighted by atomic mass is 10.1. The standard InChI is InChI=1S/C10H22N2O3S/c1-10(2,11)8-12-16(13,14)7-9-5-3-4-6-15-9/h9,12H,3-8,11H2,1-2H3. The predicted molar refractivity (Wildman–Crippen MR) is 63.6 cm³/mol. The summed E-state index contributed by atoms with van der Waals surface area (Å²) < 4.78 is 31.3. The Bertz CT molecular complexity index is 303. The predicted octanol–water partition coefficient (Wildman–Crippen LogP) is 0.212. The topological polar surface area (TPSA) is 81.4 Å². The molecule has 1 aliphatic rings. The zero-order chi connectivity index (χ0) is 12.2. The Balaban J connectivity index is 2.38. The van der Waals surface area contributed by atoms with E-state index >= 15 is 0 Å². The lowest BCUT2D eigenvalue weighted by Crippen LogP contribution is -2.46. The highest BCUT2D eigenvalue weighted by Crippen LogP contribution is 2.14. The zero-order valence-electron chi connectivity index (χ0n) is 10.0. The summed E-state index contributed by atoms with van der Waals surface area (Å²) in [6.07, 6.45) is 2.74. The average molecular weight is 250 g/mol. The number of rotatable bonds is 5. The van der Waals surface area contributed by atoms with Crippen molar-refractivity contribution in [1.82, 2.24) is 4.72 Å². The van der Waals surface area contributed by atoms with Crippen LogP contribution in [0.3, 0.4) is 0 Å². The van der Waals surface area contributed by atoms with Crippen LogP contribution in [0.15, 0.2) is 0 Å². The largest absolute Gasteiger partial charge is 0.377 e. The molecule has 96 valence electrons. The average Bonchev–Trinajstić information content (AvgIpc) is 2.15. The summed E-state index contributed by atoms with van der Waals surface area (Å²) in [5.74, 6) is 0.0447. The van der Waals surface area contributed by atoms with Gasteiger partial charge in [-0.1, -0.05) is 0 Å². The van der Waals surface area contributed by atoms with Gasteiger partial charge in [0, 0.05) is 18.7 Å². The number of ether oxygens (including phenoxy) is 1. The van der Waals surface area contributed by atoms with Crippen molar-refractivity contribution < 1.29 is 13.2 Å². The van der Waals surface area contributed by atoms with Gasteiger partial charge in [0.15, 0.2) is 0 Å². The van der Waals surface area contributed by atoms with Crippen LogP contribution in [-0.2, 0) is 14.8 Å². The van der Waals surface area contributed by atoms with E-state index in [1.54, 1.807) is 13.8 Å². The molecule has 1 fully saturated rings.